The predicted molar refractivity (Wildman–Crippen MR) is 75.2 cm³/mol. The molecule has 18 heavy (non-hydrogen) atoms. The Bertz CT molecular complexity index is 606. The van der Waals surface area contributed by atoms with Crippen molar-refractivity contribution in [3.05, 3.63) is 57.6 Å². The highest BCUT2D eigenvalue weighted by Gasteiger charge is 2.14. The highest BCUT2D eigenvalue weighted by molar-refractivity contribution is 6.37. The first-order valence-electron chi connectivity index (χ1n) is 5.13. The lowest BCUT2D eigenvalue weighted by Crippen LogP contribution is -2.04. The summed E-state index contributed by atoms with van der Waals surface area (Å²) in [5, 5.41) is 0.775. The molecule has 0 heterocycles. The van der Waals surface area contributed by atoms with Crippen LogP contribution < -0.4 is 11.5 Å². The average Bonchev–Trinajstić information content (AvgIpc) is 2.26. The standard InChI is InChI=1S/C13H10Cl2N2O/c14-8-1-2-11(12(15)5-8)13(18)7-3-9(16)6-10(17)4-7/h1-6H,16-17H2. The van der Waals surface area contributed by atoms with Crippen LogP contribution in [0.3, 0.4) is 0 Å². The van der Waals surface area contributed by atoms with E-state index in [0.29, 0.717) is 32.5 Å². The zero-order valence-corrected chi connectivity index (χ0v) is 10.8. The summed E-state index contributed by atoms with van der Waals surface area (Å²) in [7, 11) is 0. The molecule has 0 amide bonds. The van der Waals surface area contributed by atoms with Gasteiger partial charge in [0.2, 0.25) is 0 Å². The number of hydrogen-bond acceptors (Lipinski definition) is 3. The fourth-order valence-electron chi connectivity index (χ4n) is 1.64. The van der Waals surface area contributed by atoms with Gasteiger partial charge in [0.15, 0.2) is 5.78 Å². The van der Waals surface area contributed by atoms with E-state index in [1.807, 2.05) is 0 Å². The lowest BCUT2D eigenvalue weighted by molar-refractivity contribution is 0.103. The number of ketones is 1. The maximum absolute atomic E-state index is 12.2. The molecule has 4 N–H and O–H groups in total. The van der Waals surface area contributed by atoms with E-state index in [2.05, 4.69) is 0 Å². The van der Waals surface area contributed by atoms with E-state index < -0.39 is 0 Å². The lowest BCUT2D eigenvalue weighted by atomic mass is 10.0. The first-order valence-corrected chi connectivity index (χ1v) is 5.89. The summed E-state index contributed by atoms with van der Waals surface area (Å²) in [6, 6.07) is 9.40. The van der Waals surface area contributed by atoms with Crippen LogP contribution in [0.4, 0.5) is 11.4 Å². The van der Waals surface area contributed by atoms with Gasteiger partial charge in [-0.1, -0.05) is 23.2 Å². The molecule has 0 unspecified atom stereocenters. The van der Waals surface area contributed by atoms with Crippen molar-refractivity contribution < 1.29 is 4.79 Å². The Morgan fingerprint density at radius 1 is 0.944 bits per heavy atom. The highest BCUT2D eigenvalue weighted by Crippen LogP contribution is 2.25. The van der Waals surface area contributed by atoms with E-state index in [4.69, 9.17) is 34.7 Å². The first-order chi connectivity index (χ1) is 8.47. The van der Waals surface area contributed by atoms with E-state index in [1.165, 1.54) is 6.07 Å². The van der Waals surface area contributed by atoms with Crippen LogP contribution in [0.15, 0.2) is 36.4 Å². The number of carbonyl (C=O) groups excluding carboxylic acids is 1. The van der Waals surface area contributed by atoms with Crippen LogP contribution in [-0.4, -0.2) is 5.78 Å². The molecule has 2 aromatic carbocycles. The van der Waals surface area contributed by atoms with Crippen LogP contribution >= 0.6 is 23.2 Å². The smallest absolute Gasteiger partial charge is 0.194 e. The molecule has 0 radical (unpaired) electrons. The summed E-state index contributed by atoms with van der Waals surface area (Å²) in [6.45, 7) is 0. The van der Waals surface area contributed by atoms with Gasteiger partial charge in [-0.15, -0.1) is 0 Å². The number of nitrogen functional groups attached to an aromatic ring is 2. The minimum Gasteiger partial charge on any atom is -0.399 e. The third kappa shape index (κ3) is 2.58. The molecular weight excluding hydrogens is 271 g/mol. The van der Waals surface area contributed by atoms with Gasteiger partial charge in [0, 0.05) is 27.5 Å². The lowest BCUT2D eigenvalue weighted by Gasteiger charge is -2.06. The molecule has 0 aliphatic heterocycles. The second-order valence-corrected chi connectivity index (χ2v) is 4.69. The van der Waals surface area contributed by atoms with Gasteiger partial charge in [0.1, 0.15) is 0 Å². The zero-order valence-electron chi connectivity index (χ0n) is 9.28. The minimum absolute atomic E-state index is 0.240. The van der Waals surface area contributed by atoms with Gasteiger partial charge in [-0.3, -0.25) is 4.79 Å². The van der Waals surface area contributed by atoms with Crippen LogP contribution in [0.2, 0.25) is 10.0 Å². The SMILES string of the molecule is Nc1cc(N)cc(C(=O)c2ccc(Cl)cc2Cl)c1. The number of anilines is 2. The molecule has 0 atom stereocenters. The molecule has 0 saturated heterocycles. The van der Waals surface area contributed by atoms with Crippen molar-refractivity contribution in [2.24, 2.45) is 0 Å². The Morgan fingerprint density at radius 2 is 1.56 bits per heavy atom. The maximum atomic E-state index is 12.2. The van der Waals surface area contributed by atoms with E-state index in [-0.39, 0.29) is 5.78 Å². The van der Waals surface area contributed by atoms with Gasteiger partial charge in [0.25, 0.3) is 0 Å². The van der Waals surface area contributed by atoms with E-state index in [0.717, 1.165) is 0 Å². The molecule has 0 fully saturated rings. The van der Waals surface area contributed by atoms with Crippen molar-refractivity contribution in [1.82, 2.24) is 0 Å². The minimum atomic E-state index is -0.240. The van der Waals surface area contributed by atoms with E-state index in [1.54, 1.807) is 30.3 Å². The van der Waals surface area contributed by atoms with Crippen LogP contribution in [-0.2, 0) is 0 Å². The number of nitrogens with two attached hydrogens (primary N) is 2. The molecule has 0 aromatic heterocycles. The molecule has 5 heteroatoms. The molecule has 0 bridgehead atoms. The second-order valence-electron chi connectivity index (χ2n) is 3.84. The molecule has 0 aliphatic carbocycles. The molecule has 2 rings (SSSR count). The fraction of sp³-hybridized carbons (Fsp3) is 0. The van der Waals surface area contributed by atoms with Crippen molar-refractivity contribution in [2.75, 3.05) is 11.5 Å². The molecule has 92 valence electrons. The van der Waals surface area contributed by atoms with Gasteiger partial charge < -0.3 is 11.5 Å². The molecule has 0 aliphatic rings. The van der Waals surface area contributed by atoms with Gasteiger partial charge in [-0.2, -0.15) is 0 Å². The fourth-order valence-corrected chi connectivity index (χ4v) is 2.13. The normalized spacial score (nSPS) is 10.3. The second kappa shape index (κ2) is 4.88. The predicted octanol–water partition coefficient (Wildman–Crippen LogP) is 3.39. The Hall–Kier alpha value is -1.71. The number of carbonyl (C=O) groups is 1. The quantitative estimate of drug-likeness (QED) is 0.654. The first kappa shape index (κ1) is 12.7. The van der Waals surface area contributed by atoms with E-state index in [9.17, 15) is 4.79 Å². The largest absolute Gasteiger partial charge is 0.399 e. The van der Waals surface area contributed by atoms with Crippen LogP contribution in [0.25, 0.3) is 0 Å². The van der Waals surface area contributed by atoms with Crippen LogP contribution in [0.1, 0.15) is 15.9 Å². The van der Waals surface area contributed by atoms with E-state index >= 15 is 0 Å². The summed E-state index contributed by atoms with van der Waals surface area (Å²) >= 11 is 11.8. The van der Waals surface area contributed by atoms with Crippen molar-refractivity contribution >= 4 is 40.4 Å². The number of halogens is 2. The number of benzene rings is 2. The monoisotopic (exact) mass is 280 g/mol. The molecular formula is C13H10Cl2N2O. The molecule has 3 nitrogen and oxygen atoms in total. The topological polar surface area (TPSA) is 69.1 Å². The Labute approximate surface area is 114 Å². The Kier molecular flexibility index (Phi) is 3.45. The Morgan fingerprint density at radius 3 is 2.11 bits per heavy atom. The zero-order chi connectivity index (χ0) is 13.3. The van der Waals surface area contributed by atoms with Gasteiger partial charge in [-0.05, 0) is 36.4 Å². The summed E-state index contributed by atoms with van der Waals surface area (Å²) in [5.41, 5.74) is 12.9. The number of hydrogen-bond donors (Lipinski definition) is 2. The van der Waals surface area contributed by atoms with Gasteiger partial charge in [-0.25, -0.2) is 0 Å². The summed E-state index contributed by atoms with van der Waals surface area (Å²) in [4.78, 5) is 12.2. The average molecular weight is 281 g/mol. The number of rotatable bonds is 2. The molecule has 0 saturated carbocycles. The van der Waals surface area contributed by atoms with Crippen molar-refractivity contribution in [3.8, 4) is 0 Å². The van der Waals surface area contributed by atoms with Crippen LogP contribution in [0, 0.1) is 0 Å². The molecule has 0 spiro atoms. The summed E-state index contributed by atoms with van der Waals surface area (Å²) in [5.74, 6) is -0.240. The maximum Gasteiger partial charge on any atom is 0.194 e. The van der Waals surface area contributed by atoms with Gasteiger partial charge in [0.05, 0.1) is 5.02 Å². The Balaban J connectivity index is 2.47. The molecule has 2 aromatic rings. The summed E-state index contributed by atoms with van der Waals surface area (Å²) in [6.07, 6.45) is 0. The van der Waals surface area contributed by atoms with Gasteiger partial charge >= 0.3 is 0 Å². The third-order valence-electron chi connectivity index (χ3n) is 2.42. The van der Waals surface area contributed by atoms with Crippen LogP contribution in [0.5, 0.6) is 0 Å². The summed E-state index contributed by atoms with van der Waals surface area (Å²) < 4.78 is 0. The third-order valence-corrected chi connectivity index (χ3v) is 2.96. The highest BCUT2D eigenvalue weighted by atomic mass is 35.5. The van der Waals surface area contributed by atoms with Crippen molar-refractivity contribution in [2.45, 2.75) is 0 Å². The van der Waals surface area contributed by atoms with Crippen molar-refractivity contribution in [1.29, 1.82) is 0 Å². The van der Waals surface area contributed by atoms with Crippen molar-refractivity contribution in [3.63, 3.8) is 0 Å².